The van der Waals surface area contributed by atoms with Crippen LogP contribution in [0.25, 0.3) is 0 Å². The van der Waals surface area contributed by atoms with Gasteiger partial charge < -0.3 is 10.5 Å². The van der Waals surface area contributed by atoms with Crippen LogP contribution in [0.3, 0.4) is 0 Å². The number of nitrogens with two attached hydrogens (primary N) is 1. The van der Waals surface area contributed by atoms with E-state index in [0.717, 1.165) is 6.07 Å². The minimum atomic E-state index is -4.78. The first-order chi connectivity index (χ1) is 8.86. The molecule has 0 unspecified atom stereocenters. The number of rotatable bonds is 2. The molecule has 0 spiro atoms. The third kappa shape index (κ3) is 3.12. The number of hydrogen-bond donors (Lipinski definition) is 1. The van der Waals surface area contributed by atoms with Gasteiger partial charge in [-0.2, -0.15) is 13.2 Å². The smallest absolute Gasteiger partial charge is 0.419 e. The van der Waals surface area contributed by atoms with E-state index in [1.54, 1.807) is 0 Å². The van der Waals surface area contributed by atoms with Gasteiger partial charge in [-0.1, -0.05) is 0 Å². The Labute approximate surface area is 105 Å². The highest BCUT2D eigenvalue weighted by molar-refractivity contribution is 5.42. The fourth-order valence-electron chi connectivity index (χ4n) is 1.41. The first-order valence-electron chi connectivity index (χ1n) is 5.11. The lowest BCUT2D eigenvalue weighted by molar-refractivity contribution is -0.140. The Morgan fingerprint density at radius 2 is 1.79 bits per heavy atom. The summed E-state index contributed by atoms with van der Waals surface area (Å²) in [5.41, 5.74) is 4.37. The van der Waals surface area contributed by atoms with Gasteiger partial charge in [0.05, 0.1) is 23.6 Å². The van der Waals surface area contributed by atoms with Crippen LogP contribution in [0.1, 0.15) is 5.56 Å². The van der Waals surface area contributed by atoms with Crippen LogP contribution in [-0.2, 0) is 6.18 Å². The largest absolute Gasteiger partial charge is 0.456 e. The van der Waals surface area contributed by atoms with Crippen LogP contribution in [0.4, 0.5) is 23.2 Å². The normalized spacial score (nSPS) is 11.4. The van der Waals surface area contributed by atoms with Crippen LogP contribution in [0.5, 0.6) is 11.5 Å². The van der Waals surface area contributed by atoms with Crippen molar-refractivity contribution in [3.05, 3.63) is 48.0 Å². The highest BCUT2D eigenvalue weighted by Crippen LogP contribution is 2.34. The maximum atomic E-state index is 13.1. The number of ether oxygens (including phenoxy) is 1. The van der Waals surface area contributed by atoms with Gasteiger partial charge in [0.1, 0.15) is 17.3 Å². The van der Waals surface area contributed by atoms with Gasteiger partial charge >= 0.3 is 6.18 Å². The minimum Gasteiger partial charge on any atom is -0.456 e. The zero-order valence-electron chi connectivity index (χ0n) is 9.41. The lowest BCUT2D eigenvalue weighted by Crippen LogP contribution is -2.08. The monoisotopic (exact) mass is 272 g/mol. The summed E-state index contributed by atoms with van der Waals surface area (Å²) in [6.07, 6.45) is -2.14. The predicted octanol–water partition coefficient (Wildman–Crippen LogP) is 3.61. The molecule has 0 amide bonds. The van der Waals surface area contributed by atoms with E-state index in [-0.39, 0.29) is 11.5 Å². The highest BCUT2D eigenvalue weighted by atomic mass is 19.4. The summed E-state index contributed by atoms with van der Waals surface area (Å²) in [6.45, 7) is 0. The van der Waals surface area contributed by atoms with Crippen molar-refractivity contribution in [2.45, 2.75) is 6.18 Å². The Morgan fingerprint density at radius 3 is 2.42 bits per heavy atom. The van der Waals surface area contributed by atoms with Gasteiger partial charge in [0.25, 0.3) is 0 Å². The summed E-state index contributed by atoms with van der Waals surface area (Å²) in [7, 11) is 0. The molecule has 1 aromatic heterocycles. The fourth-order valence-corrected chi connectivity index (χ4v) is 1.41. The van der Waals surface area contributed by atoms with Gasteiger partial charge in [0.15, 0.2) is 0 Å². The number of nitrogens with zero attached hydrogens (tertiary/aromatic N) is 1. The molecule has 0 atom stereocenters. The van der Waals surface area contributed by atoms with E-state index < -0.39 is 17.6 Å². The Balaban J connectivity index is 2.32. The number of anilines is 1. The summed E-state index contributed by atoms with van der Waals surface area (Å²) in [6, 6.07) is 3.76. The number of benzene rings is 1. The van der Waals surface area contributed by atoms with Crippen LogP contribution >= 0.6 is 0 Å². The van der Waals surface area contributed by atoms with Crippen molar-refractivity contribution >= 4 is 5.69 Å². The molecule has 0 aliphatic rings. The molecule has 0 fully saturated rings. The molecule has 100 valence electrons. The summed E-state index contributed by atoms with van der Waals surface area (Å²) in [5.74, 6) is -1.34. The summed E-state index contributed by atoms with van der Waals surface area (Å²) in [4.78, 5) is 3.72. The van der Waals surface area contributed by atoms with Crippen molar-refractivity contribution in [1.82, 2.24) is 4.98 Å². The number of aromatic nitrogens is 1. The molecule has 19 heavy (non-hydrogen) atoms. The average molecular weight is 272 g/mol. The van der Waals surface area contributed by atoms with Crippen molar-refractivity contribution in [2.75, 3.05) is 5.73 Å². The van der Waals surface area contributed by atoms with Crippen molar-refractivity contribution < 1.29 is 22.3 Å². The van der Waals surface area contributed by atoms with Crippen LogP contribution in [0.15, 0.2) is 36.7 Å². The molecule has 2 aromatic rings. The number of nitrogen functional groups attached to an aromatic ring is 1. The standard InChI is InChI=1S/C12H8F4N2O/c13-11-2-1-8(4-10(11)12(14,15)16)19-9-3-7(17)5-18-6-9/h1-6H,17H2. The van der Waals surface area contributed by atoms with Gasteiger partial charge in [-0.15, -0.1) is 0 Å². The van der Waals surface area contributed by atoms with E-state index >= 15 is 0 Å². The molecule has 0 saturated carbocycles. The number of pyridine rings is 1. The number of halogens is 4. The fraction of sp³-hybridized carbons (Fsp3) is 0.0833. The average Bonchev–Trinajstić information content (AvgIpc) is 2.30. The van der Waals surface area contributed by atoms with Crippen LogP contribution in [0, 0.1) is 5.82 Å². The molecule has 7 heteroatoms. The molecular weight excluding hydrogens is 264 g/mol. The Kier molecular flexibility index (Phi) is 3.28. The Morgan fingerprint density at radius 1 is 1.05 bits per heavy atom. The van der Waals surface area contributed by atoms with Crippen molar-refractivity contribution in [1.29, 1.82) is 0 Å². The molecule has 3 nitrogen and oxygen atoms in total. The predicted molar refractivity (Wildman–Crippen MR) is 60.1 cm³/mol. The van der Waals surface area contributed by atoms with Gasteiger partial charge in [-0.3, -0.25) is 4.98 Å². The second-order valence-corrected chi connectivity index (χ2v) is 3.70. The zero-order valence-corrected chi connectivity index (χ0v) is 9.41. The van der Waals surface area contributed by atoms with Crippen LogP contribution < -0.4 is 10.5 Å². The second-order valence-electron chi connectivity index (χ2n) is 3.70. The molecule has 0 radical (unpaired) electrons. The Hall–Kier alpha value is -2.31. The van der Waals surface area contributed by atoms with Crippen LogP contribution in [-0.4, -0.2) is 4.98 Å². The SMILES string of the molecule is Nc1cncc(Oc2ccc(F)c(C(F)(F)F)c2)c1. The second kappa shape index (κ2) is 4.75. The maximum Gasteiger partial charge on any atom is 0.419 e. The van der Waals surface area contributed by atoms with E-state index in [1.165, 1.54) is 18.5 Å². The molecule has 0 aliphatic heterocycles. The lowest BCUT2D eigenvalue weighted by Gasteiger charge is -2.11. The van der Waals surface area contributed by atoms with Gasteiger partial charge in [0.2, 0.25) is 0 Å². The first kappa shape index (κ1) is 13.1. The first-order valence-corrected chi connectivity index (χ1v) is 5.11. The number of alkyl halides is 3. The van der Waals surface area contributed by atoms with Gasteiger partial charge in [-0.25, -0.2) is 4.39 Å². The van der Waals surface area contributed by atoms with Gasteiger partial charge in [0, 0.05) is 6.07 Å². The lowest BCUT2D eigenvalue weighted by atomic mass is 10.2. The third-order valence-electron chi connectivity index (χ3n) is 2.21. The van der Waals surface area contributed by atoms with Crippen LogP contribution in [0.2, 0.25) is 0 Å². The molecule has 0 aliphatic carbocycles. The molecular formula is C12H8F4N2O. The molecule has 0 bridgehead atoms. The minimum absolute atomic E-state index is 0.152. The molecule has 1 aromatic carbocycles. The van der Waals surface area contributed by atoms with E-state index in [4.69, 9.17) is 10.5 Å². The number of hydrogen-bond acceptors (Lipinski definition) is 3. The summed E-state index contributed by atoms with van der Waals surface area (Å²) < 4.78 is 55.7. The quantitative estimate of drug-likeness (QED) is 0.849. The van der Waals surface area contributed by atoms with Crippen molar-refractivity contribution in [3.8, 4) is 11.5 Å². The van der Waals surface area contributed by atoms with E-state index in [2.05, 4.69) is 4.98 Å². The highest BCUT2D eigenvalue weighted by Gasteiger charge is 2.34. The summed E-state index contributed by atoms with van der Waals surface area (Å²) in [5, 5.41) is 0. The molecule has 0 saturated heterocycles. The third-order valence-corrected chi connectivity index (χ3v) is 2.21. The topological polar surface area (TPSA) is 48.1 Å². The van der Waals surface area contributed by atoms with Crippen molar-refractivity contribution in [3.63, 3.8) is 0 Å². The Bertz CT molecular complexity index is 599. The molecule has 2 N–H and O–H groups in total. The maximum absolute atomic E-state index is 13.1. The van der Waals surface area contributed by atoms with E-state index in [9.17, 15) is 17.6 Å². The summed E-state index contributed by atoms with van der Waals surface area (Å²) >= 11 is 0. The van der Waals surface area contributed by atoms with Gasteiger partial charge in [-0.05, 0) is 18.2 Å². The van der Waals surface area contributed by atoms with E-state index in [0.29, 0.717) is 17.8 Å². The zero-order chi connectivity index (χ0) is 14.0. The van der Waals surface area contributed by atoms with Crippen molar-refractivity contribution in [2.24, 2.45) is 0 Å². The molecule has 1 heterocycles. The van der Waals surface area contributed by atoms with E-state index in [1.807, 2.05) is 0 Å². The molecule has 2 rings (SSSR count).